The van der Waals surface area contributed by atoms with Gasteiger partial charge in [-0.15, -0.1) is 0 Å². The van der Waals surface area contributed by atoms with Gasteiger partial charge in [-0.2, -0.15) is 0 Å². The summed E-state index contributed by atoms with van der Waals surface area (Å²) in [7, 11) is 0. The molecule has 0 saturated heterocycles. The average Bonchev–Trinajstić information content (AvgIpc) is 2.44. The maximum atomic E-state index is 6.01. The molecule has 1 heterocycles. The summed E-state index contributed by atoms with van der Waals surface area (Å²) in [6.07, 6.45) is 2.36. The maximum absolute atomic E-state index is 6.01. The fraction of sp³-hybridized carbons (Fsp3) is 0.300. The van der Waals surface area contributed by atoms with Crippen LogP contribution in [0.15, 0.2) is 48.5 Å². The normalized spacial score (nSPS) is 16.2. The molecule has 0 N–H and O–H groups in total. The summed E-state index contributed by atoms with van der Waals surface area (Å²) in [5.74, 6) is 0. The summed E-state index contributed by atoms with van der Waals surface area (Å²) in [4.78, 5) is 2.48. The number of hydrogen-bond donors (Lipinski definition) is 0. The number of rotatable bonds is 2. The summed E-state index contributed by atoms with van der Waals surface area (Å²) >= 11 is 6.01. The molecule has 0 unspecified atom stereocenters. The second-order valence-electron chi connectivity index (χ2n) is 6.71. The molecule has 0 aromatic heterocycles. The molecular formula is C20H22ClN. The van der Waals surface area contributed by atoms with Crippen molar-refractivity contribution in [2.45, 2.75) is 39.8 Å². The van der Waals surface area contributed by atoms with Gasteiger partial charge in [-0.25, -0.2) is 0 Å². The fourth-order valence-corrected chi connectivity index (χ4v) is 3.38. The number of aryl methyl sites for hydroxylation is 1. The number of nitrogens with zero attached hydrogens (tertiary/aromatic N) is 1. The van der Waals surface area contributed by atoms with Gasteiger partial charge in [0.25, 0.3) is 0 Å². The highest BCUT2D eigenvalue weighted by atomic mass is 35.5. The topological polar surface area (TPSA) is 3.24 Å². The molecule has 0 saturated carbocycles. The molecule has 0 amide bonds. The lowest BCUT2D eigenvalue weighted by molar-refractivity contribution is 0.551. The Morgan fingerprint density at radius 3 is 2.36 bits per heavy atom. The van der Waals surface area contributed by atoms with Crippen LogP contribution >= 0.6 is 11.6 Å². The van der Waals surface area contributed by atoms with Crippen LogP contribution in [0, 0.1) is 6.92 Å². The molecule has 1 aliphatic heterocycles. The SMILES string of the molecule is CC1=CC(C)(C)N(Cc2ccc(Cl)cc2)c2cc(C)ccc21. The monoisotopic (exact) mass is 311 g/mol. The lowest BCUT2D eigenvalue weighted by atomic mass is 9.88. The highest BCUT2D eigenvalue weighted by molar-refractivity contribution is 6.30. The minimum Gasteiger partial charge on any atom is -0.358 e. The molecule has 2 aromatic rings. The van der Waals surface area contributed by atoms with Gasteiger partial charge in [-0.3, -0.25) is 0 Å². The van der Waals surface area contributed by atoms with E-state index in [-0.39, 0.29) is 5.54 Å². The lowest BCUT2D eigenvalue weighted by Crippen LogP contribution is -2.44. The van der Waals surface area contributed by atoms with Gasteiger partial charge >= 0.3 is 0 Å². The number of allylic oxidation sites excluding steroid dienone is 1. The number of fused-ring (bicyclic) bond motifs is 1. The van der Waals surface area contributed by atoms with E-state index < -0.39 is 0 Å². The van der Waals surface area contributed by atoms with E-state index in [4.69, 9.17) is 11.6 Å². The molecule has 1 nitrogen and oxygen atoms in total. The van der Waals surface area contributed by atoms with E-state index in [9.17, 15) is 0 Å². The zero-order valence-corrected chi connectivity index (χ0v) is 14.4. The molecule has 22 heavy (non-hydrogen) atoms. The molecule has 2 aromatic carbocycles. The van der Waals surface area contributed by atoms with Crippen molar-refractivity contribution >= 4 is 22.9 Å². The maximum Gasteiger partial charge on any atom is 0.0538 e. The molecule has 1 aliphatic rings. The van der Waals surface area contributed by atoms with Crippen LogP contribution in [0.25, 0.3) is 5.57 Å². The van der Waals surface area contributed by atoms with Crippen molar-refractivity contribution in [1.82, 2.24) is 0 Å². The van der Waals surface area contributed by atoms with Crippen LogP contribution in [0.3, 0.4) is 0 Å². The van der Waals surface area contributed by atoms with Gasteiger partial charge in [0.05, 0.1) is 5.54 Å². The molecule has 0 bridgehead atoms. The molecule has 114 valence electrons. The van der Waals surface area contributed by atoms with Crippen LogP contribution in [0.5, 0.6) is 0 Å². The van der Waals surface area contributed by atoms with Crippen LogP contribution < -0.4 is 4.90 Å². The molecule has 3 rings (SSSR count). The third kappa shape index (κ3) is 2.78. The van der Waals surface area contributed by atoms with Crippen molar-refractivity contribution in [3.05, 3.63) is 70.3 Å². The number of halogens is 1. The Morgan fingerprint density at radius 2 is 1.68 bits per heavy atom. The second kappa shape index (κ2) is 5.48. The van der Waals surface area contributed by atoms with Crippen LogP contribution in [-0.2, 0) is 6.54 Å². The summed E-state index contributed by atoms with van der Waals surface area (Å²) in [5.41, 5.74) is 6.57. The Morgan fingerprint density at radius 1 is 1.00 bits per heavy atom. The highest BCUT2D eigenvalue weighted by Crippen LogP contribution is 2.40. The highest BCUT2D eigenvalue weighted by Gasteiger charge is 2.31. The van der Waals surface area contributed by atoms with Crippen molar-refractivity contribution in [3.8, 4) is 0 Å². The van der Waals surface area contributed by atoms with E-state index in [2.05, 4.69) is 69.0 Å². The summed E-state index contributed by atoms with van der Waals surface area (Å²) in [6.45, 7) is 9.79. The zero-order chi connectivity index (χ0) is 15.9. The van der Waals surface area contributed by atoms with Gasteiger partial charge in [0.15, 0.2) is 0 Å². The van der Waals surface area contributed by atoms with Crippen LogP contribution in [0.4, 0.5) is 5.69 Å². The van der Waals surface area contributed by atoms with Crippen LogP contribution in [0.1, 0.15) is 37.5 Å². The van der Waals surface area contributed by atoms with E-state index in [0.29, 0.717) is 0 Å². The molecule has 2 heteroatoms. The van der Waals surface area contributed by atoms with Gasteiger partial charge < -0.3 is 4.90 Å². The Labute approximate surface area is 138 Å². The van der Waals surface area contributed by atoms with Crippen molar-refractivity contribution < 1.29 is 0 Å². The first-order valence-electron chi connectivity index (χ1n) is 7.69. The summed E-state index contributed by atoms with van der Waals surface area (Å²) in [6, 6.07) is 14.9. The first kappa shape index (κ1) is 15.2. The average molecular weight is 312 g/mol. The first-order chi connectivity index (χ1) is 10.4. The van der Waals surface area contributed by atoms with E-state index in [1.54, 1.807) is 0 Å². The minimum atomic E-state index is -0.00941. The standard InChI is InChI=1S/C20H22ClN/c1-14-5-10-18-15(2)12-20(3,4)22(19(18)11-14)13-16-6-8-17(21)9-7-16/h5-12H,13H2,1-4H3. The molecular weight excluding hydrogens is 290 g/mol. The van der Waals surface area contributed by atoms with E-state index in [1.165, 1.54) is 28.0 Å². The Balaban J connectivity index is 2.05. The van der Waals surface area contributed by atoms with Crippen LogP contribution in [0.2, 0.25) is 5.02 Å². The van der Waals surface area contributed by atoms with E-state index in [1.807, 2.05) is 12.1 Å². The van der Waals surface area contributed by atoms with Gasteiger partial charge in [-0.05, 0) is 62.6 Å². The minimum absolute atomic E-state index is 0.00941. The predicted octanol–water partition coefficient (Wildman–Crippen LogP) is 5.85. The van der Waals surface area contributed by atoms with Gasteiger partial charge in [0.2, 0.25) is 0 Å². The van der Waals surface area contributed by atoms with Gasteiger partial charge in [-0.1, -0.05) is 41.9 Å². The lowest BCUT2D eigenvalue weighted by Gasteiger charge is -2.43. The predicted molar refractivity (Wildman–Crippen MR) is 96.5 cm³/mol. The van der Waals surface area contributed by atoms with Crippen molar-refractivity contribution in [2.75, 3.05) is 4.90 Å². The van der Waals surface area contributed by atoms with Crippen molar-refractivity contribution in [1.29, 1.82) is 0 Å². The Bertz CT molecular complexity index is 726. The number of anilines is 1. The molecule has 0 spiro atoms. The van der Waals surface area contributed by atoms with Crippen molar-refractivity contribution in [3.63, 3.8) is 0 Å². The van der Waals surface area contributed by atoms with Gasteiger partial charge in [0.1, 0.15) is 0 Å². The number of benzene rings is 2. The summed E-state index contributed by atoms with van der Waals surface area (Å²) < 4.78 is 0. The first-order valence-corrected chi connectivity index (χ1v) is 8.07. The largest absolute Gasteiger partial charge is 0.358 e. The van der Waals surface area contributed by atoms with Gasteiger partial charge in [0, 0.05) is 22.8 Å². The Hall–Kier alpha value is -1.73. The molecule has 0 atom stereocenters. The zero-order valence-electron chi connectivity index (χ0n) is 13.7. The fourth-order valence-electron chi connectivity index (χ4n) is 3.26. The molecule has 0 fully saturated rings. The third-order valence-electron chi connectivity index (χ3n) is 4.39. The van der Waals surface area contributed by atoms with Crippen molar-refractivity contribution in [2.24, 2.45) is 0 Å². The summed E-state index contributed by atoms with van der Waals surface area (Å²) in [5, 5.41) is 0.786. The third-order valence-corrected chi connectivity index (χ3v) is 4.64. The second-order valence-corrected chi connectivity index (χ2v) is 7.15. The smallest absolute Gasteiger partial charge is 0.0538 e. The Kier molecular flexibility index (Phi) is 3.78. The van der Waals surface area contributed by atoms with E-state index >= 15 is 0 Å². The van der Waals surface area contributed by atoms with Crippen LogP contribution in [-0.4, -0.2) is 5.54 Å². The molecule has 0 aliphatic carbocycles. The quantitative estimate of drug-likeness (QED) is 0.672. The van der Waals surface area contributed by atoms with E-state index in [0.717, 1.165) is 11.6 Å². The number of hydrogen-bond acceptors (Lipinski definition) is 1. The molecule has 0 radical (unpaired) electrons.